The maximum absolute atomic E-state index is 8.13. The van der Waals surface area contributed by atoms with E-state index in [-0.39, 0.29) is 6.61 Å². The first kappa shape index (κ1) is 10.8. The van der Waals surface area contributed by atoms with Crippen LogP contribution in [0.25, 0.3) is 0 Å². The van der Waals surface area contributed by atoms with E-state index in [1.54, 1.807) is 0 Å². The molecule has 4 heteroatoms. The lowest BCUT2D eigenvalue weighted by Gasteiger charge is -1.91. The van der Waals surface area contributed by atoms with Gasteiger partial charge in [0.25, 0.3) is 0 Å². The van der Waals surface area contributed by atoms with Crippen LogP contribution in [0.5, 0.6) is 0 Å². The van der Waals surface area contributed by atoms with Crippen molar-refractivity contribution in [2.24, 2.45) is 5.90 Å². The van der Waals surface area contributed by atoms with Crippen LogP contribution in [0.1, 0.15) is 6.92 Å². The van der Waals surface area contributed by atoms with Crippen molar-refractivity contribution in [2.45, 2.75) is 6.92 Å². The summed E-state index contributed by atoms with van der Waals surface area (Å²) in [5.41, 5.74) is 0. The normalized spacial score (nSPS) is 7.50. The monoisotopic (exact) mass is 122 g/mol. The summed E-state index contributed by atoms with van der Waals surface area (Å²) in [5, 5.41) is 17.6. The molecule has 0 aliphatic heterocycles. The highest BCUT2D eigenvalue weighted by molar-refractivity contribution is 4.35. The van der Waals surface area contributed by atoms with Crippen LogP contribution in [0.2, 0.25) is 0 Å². The quantitative estimate of drug-likeness (QED) is 0.284. The van der Waals surface area contributed by atoms with Gasteiger partial charge in [-0.15, -0.1) is 0 Å². The van der Waals surface area contributed by atoms with Crippen LogP contribution in [0.4, 0.5) is 0 Å². The first-order chi connectivity index (χ1) is 3.91. The topological polar surface area (TPSA) is 78.5 Å². The number of hydrogen-bond acceptors (Lipinski definition) is 4. The lowest BCUT2D eigenvalue weighted by molar-refractivity contribution is 0.293. The second kappa shape index (κ2) is 15.8. The Bertz CT molecular complexity index is 24.0. The smallest absolute Gasteiger partial charge is 0.0555 e. The van der Waals surface area contributed by atoms with E-state index in [4.69, 9.17) is 10.3 Å². The highest BCUT2D eigenvalue weighted by Gasteiger charge is 1.72. The zero-order valence-electron chi connectivity index (χ0n) is 5.09. The molecule has 0 radical (unpaired) electrons. The van der Waals surface area contributed by atoms with Gasteiger partial charge in [-0.05, 0) is 6.54 Å². The van der Waals surface area contributed by atoms with E-state index in [1.807, 2.05) is 6.92 Å². The Morgan fingerprint density at radius 1 is 1.50 bits per heavy atom. The third-order valence-electron chi connectivity index (χ3n) is 0.539. The summed E-state index contributed by atoms with van der Waals surface area (Å²) < 4.78 is 0. The summed E-state index contributed by atoms with van der Waals surface area (Å²) >= 11 is 0. The van der Waals surface area contributed by atoms with Gasteiger partial charge >= 0.3 is 0 Å². The number of rotatable bonds is 3. The molecule has 0 amide bonds. The Morgan fingerprint density at radius 3 is 2.12 bits per heavy atom. The number of nitrogens with one attached hydrogen (secondary N) is 1. The van der Waals surface area contributed by atoms with Crippen molar-refractivity contribution in [1.29, 1.82) is 0 Å². The second-order valence-corrected chi connectivity index (χ2v) is 1.08. The fourth-order valence-corrected chi connectivity index (χ4v) is 0.256. The SMILES string of the molecule is CCNCCO.NO. The zero-order valence-corrected chi connectivity index (χ0v) is 5.09. The Balaban J connectivity index is 0. The average molecular weight is 122 g/mol. The van der Waals surface area contributed by atoms with Crippen molar-refractivity contribution in [3.05, 3.63) is 0 Å². The highest BCUT2D eigenvalue weighted by atomic mass is 16.4. The Morgan fingerprint density at radius 2 is 2.00 bits per heavy atom. The van der Waals surface area contributed by atoms with E-state index in [0.717, 1.165) is 13.1 Å². The molecule has 0 aromatic carbocycles. The van der Waals surface area contributed by atoms with E-state index < -0.39 is 0 Å². The molecule has 0 fully saturated rings. The van der Waals surface area contributed by atoms with E-state index in [1.165, 1.54) is 0 Å². The predicted molar refractivity (Wildman–Crippen MR) is 31.6 cm³/mol. The Hall–Kier alpha value is -0.160. The average Bonchev–Trinajstić information content (AvgIpc) is 1.88. The van der Waals surface area contributed by atoms with E-state index in [9.17, 15) is 0 Å². The van der Waals surface area contributed by atoms with Gasteiger partial charge in [-0.2, -0.15) is 0 Å². The van der Waals surface area contributed by atoms with Crippen molar-refractivity contribution in [1.82, 2.24) is 5.32 Å². The fraction of sp³-hybridized carbons (Fsp3) is 1.00. The number of aliphatic hydroxyl groups is 1. The molecule has 8 heavy (non-hydrogen) atoms. The van der Waals surface area contributed by atoms with Crippen LogP contribution in [-0.2, 0) is 0 Å². The fourth-order valence-electron chi connectivity index (χ4n) is 0.256. The summed E-state index contributed by atoms with van der Waals surface area (Å²) in [5.74, 6) is 3.50. The molecule has 0 aromatic heterocycles. The van der Waals surface area contributed by atoms with Crippen molar-refractivity contribution >= 4 is 0 Å². The summed E-state index contributed by atoms with van der Waals surface area (Å²) in [6, 6.07) is 0. The van der Waals surface area contributed by atoms with Gasteiger partial charge in [-0.25, -0.2) is 5.90 Å². The van der Waals surface area contributed by atoms with Crippen LogP contribution < -0.4 is 11.2 Å². The van der Waals surface area contributed by atoms with Crippen LogP contribution in [0.15, 0.2) is 0 Å². The van der Waals surface area contributed by atoms with Crippen molar-refractivity contribution < 1.29 is 10.3 Å². The van der Waals surface area contributed by atoms with Crippen molar-refractivity contribution in [3.63, 3.8) is 0 Å². The molecule has 0 aliphatic rings. The first-order valence-electron chi connectivity index (χ1n) is 2.49. The molecule has 0 saturated heterocycles. The lowest BCUT2D eigenvalue weighted by Crippen LogP contribution is -2.16. The maximum atomic E-state index is 8.13. The van der Waals surface area contributed by atoms with Gasteiger partial charge in [0.15, 0.2) is 0 Å². The highest BCUT2D eigenvalue weighted by Crippen LogP contribution is 1.51. The second-order valence-electron chi connectivity index (χ2n) is 1.08. The molecule has 0 aromatic rings. The van der Waals surface area contributed by atoms with E-state index >= 15 is 0 Å². The van der Waals surface area contributed by atoms with Crippen molar-refractivity contribution in [3.8, 4) is 0 Å². The minimum Gasteiger partial charge on any atom is -0.395 e. The molecule has 0 spiro atoms. The van der Waals surface area contributed by atoms with Crippen LogP contribution >= 0.6 is 0 Å². The molecule has 0 rings (SSSR count). The van der Waals surface area contributed by atoms with Crippen LogP contribution in [-0.4, -0.2) is 30.0 Å². The maximum Gasteiger partial charge on any atom is 0.0555 e. The number of aliphatic hydroxyl groups excluding tert-OH is 1. The third kappa shape index (κ3) is 17.0. The van der Waals surface area contributed by atoms with Crippen LogP contribution in [0.3, 0.4) is 0 Å². The van der Waals surface area contributed by atoms with Crippen LogP contribution in [0, 0.1) is 0 Å². The Labute approximate surface area is 49.3 Å². The standard InChI is InChI=1S/C4H11NO.H3NO/c1-2-5-3-4-6;1-2/h5-6H,2-4H2,1H3;2H,1H2. The lowest BCUT2D eigenvalue weighted by atomic mass is 10.6. The molecular weight excluding hydrogens is 108 g/mol. The molecule has 52 valence electrons. The molecule has 0 heterocycles. The largest absolute Gasteiger partial charge is 0.395 e. The summed E-state index contributed by atoms with van der Waals surface area (Å²) in [6.07, 6.45) is 0. The van der Waals surface area contributed by atoms with Crippen molar-refractivity contribution in [2.75, 3.05) is 19.7 Å². The van der Waals surface area contributed by atoms with Gasteiger partial charge < -0.3 is 15.6 Å². The number of hydrogen-bond donors (Lipinski definition) is 4. The molecular formula is C4H14N2O2. The van der Waals surface area contributed by atoms with Gasteiger partial charge in [-0.1, -0.05) is 6.92 Å². The molecule has 0 unspecified atom stereocenters. The van der Waals surface area contributed by atoms with Gasteiger partial charge in [-0.3, -0.25) is 0 Å². The zero-order chi connectivity index (χ0) is 6.83. The number of nitrogens with two attached hydrogens (primary N) is 1. The minimum atomic E-state index is 0.244. The predicted octanol–water partition coefficient (Wildman–Crippen LogP) is -1.08. The van der Waals surface area contributed by atoms with Gasteiger partial charge in [0.05, 0.1) is 6.61 Å². The number of likely N-dealkylation sites (N-methyl/N-ethyl adjacent to an activating group) is 1. The van der Waals surface area contributed by atoms with Gasteiger partial charge in [0.1, 0.15) is 0 Å². The van der Waals surface area contributed by atoms with E-state index in [2.05, 4.69) is 11.2 Å². The van der Waals surface area contributed by atoms with Gasteiger partial charge in [0.2, 0.25) is 0 Å². The Kier molecular flexibility index (Phi) is 21.3. The first-order valence-corrected chi connectivity index (χ1v) is 2.49. The minimum absolute atomic E-state index is 0.244. The molecule has 0 saturated carbocycles. The molecule has 0 aliphatic carbocycles. The molecule has 0 atom stereocenters. The summed E-state index contributed by atoms with van der Waals surface area (Å²) in [6.45, 7) is 3.92. The third-order valence-corrected chi connectivity index (χ3v) is 0.539. The molecule has 0 bridgehead atoms. The van der Waals surface area contributed by atoms with E-state index in [0.29, 0.717) is 0 Å². The molecule has 4 nitrogen and oxygen atoms in total. The molecule has 5 N–H and O–H groups in total. The van der Waals surface area contributed by atoms with Gasteiger partial charge in [0, 0.05) is 6.54 Å². The summed E-state index contributed by atoms with van der Waals surface area (Å²) in [7, 11) is 0. The summed E-state index contributed by atoms with van der Waals surface area (Å²) in [4.78, 5) is 0.